The Morgan fingerprint density at radius 3 is 2.56 bits per heavy atom. The number of carbonyl (C=O) groups is 2. The first-order chi connectivity index (χ1) is 12.9. The fourth-order valence-electron chi connectivity index (χ4n) is 2.77. The van der Waals surface area contributed by atoms with Gasteiger partial charge in [0.05, 0.1) is 23.9 Å². The van der Waals surface area contributed by atoms with Gasteiger partial charge in [0.15, 0.2) is 5.58 Å². The van der Waals surface area contributed by atoms with Gasteiger partial charge in [0.2, 0.25) is 0 Å². The first-order valence-electron chi connectivity index (χ1n) is 8.31. The summed E-state index contributed by atoms with van der Waals surface area (Å²) in [7, 11) is 1.27. The highest BCUT2D eigenvalue weighted by Crippen LogP contribution is 2.22. The molecule has 2 aromatic carbocycles. The second kappa shape index (κ2) is 7.36. The van der Waals surface area contributed by atoms with E-state index in [1.807, 2.05) is 13.8 Å². The van der Waals surface area contributed by atoms with Crippen molar-refractivity contribution in [3.63, 3.8) is 0 Å². The van der Waals surface area contributed by atoms with Crippen LogP contribution in [0, 0.1) is 0 Å². The summed E-state index contributed by atoms with van der Waals surface area (Å²) in [5.74, 6) is -1.00. The molecule has 3 aromatic rings. The molecule has 0 aliphatic rings. The number of para-hydroxylation sites is 1. The molecular formula is C19H19N3O5. The first kappa shape index (κ1) is 18.2. The zero-order chi connectivity index (χ0) is 19.6. The Kier molecular flexibility index (Phi) is 4.98. The number of urea groups is 1. The first-order valence-corrected chi connectivity index (χ1v) is 8.31. The summed E-state index contributed by atoms with van der Waals surface area (Å²) in [6, 6.07) is 10.9. The van der Waals surface area contributed by atoms with Crippen molar-refractivity contribution in [3.8, 4) is 0 Å². The van der Waals surface area contributed by atoms with Gasteiger partial charge in [0.1, 0.15) is 0 Å². The normalized spacial score (nSPS) is 10.8. The van der Waals surface area contributed by atoms with E-state index in [4.69, 9.17) is 9.15 Å². The van der Waals surface area contributed by atoms with Gasteiger partial charge in [-0.15, -0.1) is 0 Å². The monoisotopic (exact) mass is 369 g/mol. The summed E-state index contributed by atoms with van der Waals surface area (Å²) < 4.78 is 11.5. The lowest BCUT2D eigenvalue weighted by Crippen LogP contribution is -2.21. The lowest BCUT2D eigenvalue weighted by molar-refractivity contribution is 0.0602. The Hall–Kier alpha value is -3.55. The third-order valence-corrected chi connectivity index (χ3v) is 3.97. The van der Waals surface area contributed by atoms with Crippen molar-refractivity contribution in [2.24, 2.45) is 0 Å². The molecule has 0 atom stereocenters. The van der Waals surface area contributed by atoms with Crippen LogP contribution in [0.25, 0.3) is 11.1 Å². The highest BCUT2D eigenvalue weighted by molar-refractivity contribution is 6.05. The standard InChI is InChI=1S/C19H19N3O5/c1-11(2)22-15-9-8-12(10-16(15)27-19(22)25)20-18(24)21-14-7-5-4-6-13(14)17(23)26-3/h4-11H,1-3H3,(H2,20,21,24). The predicted molar refractivity (Wildman–Crippen MR) is 101 cm³/mol. The van der Waals surface area contributed by atoms with Crippen LogP contribution in [0.4, 0.5) is 16.2 Å². The van der Waals surface area contributed by atoms with Gasteiger partial charge in [0.25, 0.3) is 0 Å². The molecule has 0 radical (unpaired) electrons. The topological polar surface area (TPSA) is 103 Å². The van der Waals surface area contributed by atoms with Crippen molar-refractivity contribution in [1.82, 2.24) is 4.57 Å². The molecule has 3 rings (SSSR count). The average molecular weight is 369 g/mol. The Morgan fingerprint density at radius 2 is 1.85 bits per heavy atom. The molecule has 0 fully saturated rings. The summed E-state index contributed by atoms with van der Waals surface area (Å²) in [4.78, 5) is 36.0. The van der Waals surface area contributed by atoms with Gasteiger partial charge >= 0.3 is 17.8 Å². The molecule has 0 aliphatic carbocycles. The van der Waals surface area contributed by atoms with Crippen LogP contribution in [0.2, 0.25) is 0 Å². The van der Waals surface area contributed by atoms with Crippen molar-refractivity contribution >= 4 is 34.5 Å². The van der Waals surface area contributed by atoms with Gasteiger partial charge in [-0.05, 0) is 38.1 Å². The molecular weight excluding hydrogens is 350 g/mol. The van der Waals surface area contributed by atoms with Crippen molar-refractivity contribution in [2.45, 2.75) is 19.9 Å². The number of nitrogens with zero attached hydrogens (tertiary/aromatic N) is 1. The number of fused-ring (bicyclic) bond motifs is 1. The van der Waals surface area contributed by atoms with Gasteiger partial charge in [-0.25, -0.2) is 14.4 Å². The Labute approximate surface area is 154 Å². The number of anilines is 2. The number of rotatable bonds is 4. The molecule has 0 aliphatic heterocycles. The number of methoxy groups -OCH3 is 1. The van der Waals surface area contributed by atoms with Crippen LogP contribution in [-0.2, 0) is 4.74 Å². The molecule has 0 saturated carbocycles. The molecule has 0 unspecified atom stereocenters. The second-order valence-electron chi connectivity index (χ2n) is 6.13. The van der Waals surface area contributed by atoms with Crippen LogP contribution >= 0.6 is 0 Å². The number of nitrogens with one attached hydrogen (secondary N) is 2. The molecule has 8 nitrogen and oxygen atoms in total. The fourth-order valence-corrected chi connectivity index (χ4v) is 2.77. The van der Waals surface area contributed by atoms with Crippen LogP contribution in [0.5, 0.6) is 0 Å². The summed E-state index contributed by atoms with van der Waals surface area (Å²) in [5, 5.41) is 5.26. The van der Waals surface area contributed by atoms with E-state index in [0.29, 0.717) is 22.5 Å². The van der Waals surface area contributed by atoms with Gasteiger partial charge in [-0.1, -0.05) is 12.1 Å². The van der Waals surface area contributed by atoms with E-state index in [1.165, 1.54) is 11.7 Å². The molecule has 0 saturated heterocycles. The van der Waals surface area contributed by atoms with Crippen molar-refractivity contribution < 1.29 is 18.7 Å². The second-order valence-corrected chi connectivity index (χ2v) is 6.13. The molecule has 8 heteroatoms. The average Bonchev–Trinajstić information content (AvgIpc) is 2.96. The van der Waals surface area contributed by atoms with Crippen molar-refractivity contribution in [3.05, 3.63) is 58.6 Å². The molecule has 27 heavy (non-hydrogen) atoms. The minimum absolute atomic E-state index is 0.0457. The predicted octanol–water partition coefficient (Wildman–Crippen LogP) is 3.61. The van der Waals surface area contributed by atoms with Crippen LogP contribution in [0.15, 0.2) is 51.7 Å². The number of ether oxygens (including phenoxy) is 1. The van der Waals surface area contributed by atoms with Crippen LogP contribution < -0.4 is 16.4 Å². The van der Waals surface area contributed by atoms with Crippen molar-refractivity contribution in [2.75, 3.05) is 17.7 Å². The summed E-state index contributed by atoms with van der Waals surface area (Å²) >= 11 is 0. The van der Waals surface area contributed by atoms with Crippen LogP contribution in [0.3, 0.4) is 0 Å². The number of oxazole rings is 1. The third kappa shape index (κ3) is 3.69. The summed E-state index contributed by atoms with van der Waals surface area (Å²) in [5.41, 5.74) is 2.03. The lowest BCUT2D eigenvalue weighted by atomic mass is 10.2. The molecule has 2 amide bonds. The molecule has 1 aromatic heterocycles. The maximum absolute atomic E-state index is 12.3. The van der Waals surface area contributed by atoms with E-state index < -0.39 is 17.8 Å². The van der Waals surface area contributed by atoms with E-state index in [1.54, 1.807) is 42.5 Å². The minimum Gasteiger partial charge on any atom is -0.465 e. The van der Waals surface area contributed by atoms with E-state index in [2.05, 4.69) is 10.6 Å². The lowest BCUT2D eigenvalue weighted by Gasteiger charge is -2.11. The number of benzene rings is 2. The van der Waals surface area contributed by atoms with E-state index in [9.17, 15) is 14.4 Å². The Bertz CT molecular complexity index is 1060. The molecule has 2 N–H and O–H groups in total. The largest absolute Gasteiger partial charge is 0.465 e. The SMILES string of the molecule is COC(=O)c1ccccc1NC(=O)Nc1ccc2c(c1)oc(=O)n2C(C)C. The Balaban J connectivity index is 1.81. The van der Waals surface area contributed by atoms with Gasteiger partial charge in [-0.2, -0.15) is 0 Å². The summed E-state index contributed by atoms with van der Waals surface area (Å²) in [6.07, 6.45) is 0. The molecule has 140 valence electrons. The van der Waals surface area contributed by atoms with E-state index in [0.717, 1.165) is 0 Å². The van der Waals surface area contributed by atoms with Crippen LogP contribution in [-0.4, -0.2) is 23.7 Å². The number of carbonyl (C=O) groups excluding carboxylic acids is 2. The smallest absolute Gasteiger partial charge is 0.420 e. The van der Waals surface area contributed by atoms with E-state index in [-0.39, 0.29) is 11.6 Å². The number of esters is 1. The fraction of sp³-hybridized carbons (Fsp3) is 0.211. The number of hydrogen-bond donors (Lipinski definition) is 2. The molecule has 0 bridgehead atoms. The van der Waals surface area contributed by atoms with E-state index >= 15 is 0 Å². The number of aromatic nitrogens is 1. The zero-order valence-corrected chi connectivity index (χ0v) is 15.1. The van der Waals surface area contributed by atoms with Gasteiger partial charge in [0, 0.05) is 17.8 Å². The quantitative estimate of drug-likeness (QED) is 0.684. The maximum atomic E-state index is 12.3. The maximum Gasteiger partial charge on any atom is 0.420 e. The Morgan fingerprint density at radius 1 is 1.11 bits per heavy atom. The van der Waals surface area contributed by atoms with Crippen molar-refractivity contribution in [1.29, 1.82) is 0 Å². The zero-order valence-electron chi connectivity index (χ0n) is 15.1. The summed E-state index contributed by atoms with van der Waals surface area (Å²) in [6.45, 7) is 3.77. The molecule has 0 spiro atoms. The highest BCUT2D eigenvalue weighted by Gasteiger charge is 2.15. The highest BCUT2D eigenvalue weighted by atomic mass is 16.5. The number of hydrogen-bond acceptors (Lipinski definition) is 5. The van der Waals surface area contributed by atoms with Gasteiger partial charge in [-0.3, -0.25) is 4.57 Å². The molecule has 1 heterocycles. The third-order valence-electron chi connectivity index (χ3n) is 3.97. The van der Waals surface area contributed by atoms with Crippen LogP contribution in [0.1, 0.15) is 30.2 Å². The minimum atomic E-state index is -0.552. The number of amides is 2. The van der Waals surface area contributed by atoms with Gasteiger partial charge < -0.3 is 19.8 Å².